The molecule has 0 aromatic carbocycles. The van der Waals surface area contributed by atoms with Crippen molar-refractivity contribution in [2.24, 2.45) is 17.4 Å². The van der Waals surface area contributed by atoms with E-state index in [1.165, 1.54) is 0 Å². The smallest absolute Gasteiger partial charge is 0.306 e. The van der Waals surface area contributed by atoms with Crippen molar-refractivity contribution in [1.29, 1.82) is 0 Å². The molecule has 17 heavy (non-hydrogen) atoms. The van der Waals surface area contributed by atoms with E-state index in [2.05, 4.69) is 5.32 Å². The average Bonchev–Trinajstić information content (AvgIpc) is 2.65. The van der Waals surface area contributed by atoms with Crippen LogP contribution in [0.25, 0.3) is 0 Å². The molecule has 0 aromatic heterocycles. The lowest BCUT2D eigenvalue weighted by Gasteiger charge is -2.15. The first kappa shape index (κ1) is 13.4. The highest BCUT2D eigenvalue weighted by molar-refractivity contribution is 5.87. The van der Waals surface area contributed by atoms with Crippen LogP contribution >= 0.6 is 0 Å². The van der Waals surface area contributed by atoms with E-state index >= 15 is 0 Å². The summed E-state index contributed by atoms with van der Waals surface area (Å²) >= 11 is 0. The van der Waals surface area contributed by atoms with Gasteiger partial charge in [-0.25, -0.2) is 0 Å². The van der Waals surface area contributed by atoms with Crippen LogP contribution in [0.1, 0.15) is 25.7 Å². The quantitative estimate of drug-likeness (QED) is 0.469. The molecule has 2 amide bonds. The Labute approximate surface area is 98.5 Å². The first-order valence-electron chi connectivity index (χ1n) is 5.47. The maximum Gasteiger partial charge on any atom is 0.306 e. The Bertz CT molecular complexity index is 332. The minimum atomic E-state index is -0.962. The highest BCUT2D eigenvalue weighted by Gasteiger charge is 2.31. The third-order valence-corrected chi connectivity index (χ3v) is 2.89. The fourth-order valence-electron chi connectivity index (χ4n) is 1.95. The number of carbonyl (C=O) groups is 3. The zero-order chi connectivity index (χ0) is 13.0. The third kappa shape index (κ3) is 4.03. The number of carboxylic acids is 1. The number of nitrogens with two attached hydrogens (primary N) is 2. The summed E-state index contributed by atoms with van der Waals surface area (Å²) in [6, 6.07) is -1.14. The van der Waals surface area contributed by atoms with Crippen LogP contribution in [0.4, 0.5) is 0 Å². The molecule has 7 nitrogen and oxygen atoms in total. The maximum atomic E-state index is 11.5. The first-order valence-corrected chi connectivity index (χ1v) is 5.47. The number of hydrogen-bond acceptors (Lipinski definition) is 4. The predicted molar refractivity (Wildman–Crippen MR) is 58.7 cm³/mol. The number of carbonyl (C=O) groups excluding carboxylic acids is 2. The molecule has 6 N–H and O–H groups in total. The van der Waals surface area contributed by atoms with Crippen LogP contribution in [0.2, 0.25) is 0 Å². The Morgan fingerprint density at radius 1 is 1.35 bits per heavy atom. The molecule has 3 atom stereocenters. The SMILES string of the molecule is NC(=O)CC(N)C(=O)N[C@H]1CC[C@@H](C(=O)O)C1. The molecule has 0 bridgehead atoms. The van der Waals surface area contributed by atoms with Gasteiger partial charge in [-0.1, -0.05) is 0 Å². The summed E-state index contributed by atoms with van der Waals surface area (Å²) < 4.78 is 0. The molecule has 0 heterocycles. The molecule has 0 radical (unpaired) electrons. The van der Waals surface area contributed by atoms with Gasteiger partial charge in [-0.15, -0.1) is 0 Å². The highest BCUT2D eigenvalue weighted by atomic mass is 16.4. The van der Waals surface area contributed by atoms with Crippen molar-refractivity contribution in [3.05, 3.63) is 0 Å². The van der Waals surface area contributed by atoms with Crippen LogP contribution in [-0.4, -0.2) is 35.0 Å². The molecule has 1 rings (SSSR count). The minimum Gasteiger partial charge on any atom is -0.481 e. The number of amides is 2. The van der Waals surface area contributed by atoms with Gasteiger partial charge >= 0.3 is 5.97 Å². The van der Waals surface area contributed by atoms with Crippen molar-refractivity contribution in [3.8, 4) is 0 Å². The maximum absolute atomic E-state index is 11.5. The second-order valence-corrected chi connectivity index (χ2v) is 4.33. The number of aliphatic carboxylic acids is 1. The molecule has 7 heteroatoms. The van der Waals surface area contributed by atoms with Gasteiger partial charge in [0.05, 0.1) is 18.4 Å². The Kier molecular flexibility index (Phi) is 4.45. The number of nitrogens with one attached hydrogen (secondary N) is 1. The van der Waals surface area contributed by atoms with Crippen LogP contribution in [-0.2, 0) is 14.4 Å². The van der Waals surface area contributed by atoms with Crippen molar-refractivity contribution >= 4 is 17.8 Å². The average molecular weight is 243 g/mol. The highest BCUT2D eigenvalue weighted by Crippen LogP contribution is 2.25. The van der Waals surface area contributed by atoms with Crippen molar-refractivity contribution < 1.29 is 19.5 Å². The molecule has 0 spiro atoms. The zero-order valence-electron chi connectivity index (χ0n) is 9.39. The lowest BCUT2D eigenvalue weighted by atomic mass is 10.1. The molecule has 1 unspecified atom stereocenters. The molecule has 96 valence electrons. The summed E-state index contributed by atoms with van der Waals surface area (Å²) in [7, 11) is 0. The van der Waals surface area contributed by atoms with E-state index in [-0.39, 0.29) is 12.5 Å². The minimum absolute atomic E-state index is 0.178. The van der Waals surface area contributed by atoms with Gasteiger partial charge in [0, 0.05) is 6.04 Å². The molecule has 1 aliphatic carbocycles. The van der Waals surface area contributed by atoms with E-state index in [0.717, 1.165) is 0 Å². The third-order valence-electron chi connectivity index (χ3n) is 2.89. The number of rotatable bonds is 5. The second-order valence-electron chi connectivity index (χ2n) is 4.33. The van der Waals surface area contributed by atoms with Gasteiger partial charge < -0.3 is 21.9 Å². The topological polar surface area (TPSA) is 136 Å². The normalized spacial score (nSPS) is 25.2. The van der Waals surface area contributed by atoms with Crippen molar-refractivity contribution in [2.45, 2.75) is 37.8 Å². The number of primary amides is 1. The summed E-state index contributed by atoms with van der Waals surface area (Å²) in [5.74, 6) is -2.35. The van der Waals surface area contributed by atoms with Crippen LogP contribution < -0.4 is 16.8 Å². The number of carboxylic acid groups (broad SMARTS) is 1. The van der Waals surface area contributed by atoms with Crippen LogP contribution in [0, 0.1) is 5.92 Å². The lowest BCUT2D eigenvalue weighted by molar-refractivity contribution is -0.141. The standard InChI is InChI=1S/C10H17N3O4/c11-7(4-8(12)14)9(15)13-6-2-1-5(3-6)10(16)17/h5-7H,1-4,11H2,(H2,12,14)(H,13,15)(H,16,17)/t5-,6+,7?/m1/s1. The Morgan fingerprint density at radius 2 is 2.00 bits per heavy atom. The van der Waals surface area contributed by atoms with Crippen molar-refractivity contribution in [1.82, 2.24) is 5.32 Å². The van der Waals surface area contributed by atoms with Gasteiger partial charge in [0.15, 0.2) is 0 Å². The summed E-state index contributed by atoms with van der Waals surface area (Å²) in [6.45, 7) is 0. The monoisotopic (exact) mass is 243 g/mol. The Morgan fingerprint density at radius 3 is 2.47 bits per heavy atom. The van der Waals surface area contributed by atoms with Gasteiger partial charge in [0.2, 0.25) is 11.8 Å². The largest absolute Gasteiger partial charge is 0.481 e. The van der Waals surface area contributed by atoms with E-state index in [4.69, 9.17) is 16.6 Å². The first-order chi connectivity index (χ1) is 7.90. The predicted octanol–water partition coefficient (Wildman–Crippen LogP) is -1.44. The molecule has 1 saturated carbocycles. The van der Waals surface area contributed by atoms with E-state index in [1.807, 2.05) is 0 Å². The van der Waals surface area contributed by atoms with E-state index in [9.17, 15) is 14.4 Å². The van der Waals surface area contributed by atoms with Gasteiger partial charge in [-0.3, -0.25) is 14.4 Å². The zero-order valence-corrected chi connectivity index (χ0v) is 9.39. The molecule has 0 aromatic rings. The van der Waals surface area contributed by atoms with Crippen LogP contribution in [0.5, 0.6) is 0 Å². The summed E-state index contributed by atoms with van der Waals surface area (Å²) in [6.07, 6.45) is 1.36. The van der Waals surface area contributed by atoms with Gasteiger partial charge in [0.25, 0.3) is 0 Å². The second kappa shape index (κ2) is 5.62. The van der Waals surface area contributed by atoms with Crippen molar-refractivity contribution in [3.63, 3.8) is 0 Å². The molecular weight excluding hydrogens is 226 g/mol. The molecule has 0 saturated heterocycles. The summed E-state index contributed by atoms with van der Waals surface area (Å²) in [4.78, 5) is 32.8. The van der Waals surface area contributed by atoms with Gasteiger partial charge in [-0.2, -0.15) is 0 Å². The molecular formula is C10H17N3O4. The molecule has 0 aliphatic heterocycles. The van der Waals surface area contributed by atoms with E-state index in [1.54, 1.807) is 0 Å². The number of hydrogen-bond donors (Lipinski definition) is 4. The van der Waals surface area contributed by atoms with Gasteiger partial charge in [-0.05, 0) is 19.3 Å². The molecule has 1 fully saturated rings. The molecule has 1 aliphatic rings. The fourth-order valence-corrected chi connectivity index (χ4v) is 1.95. The lowest BCUT2D eigenvalue weighted by Crippen LogP contribution is -2.46. The van der Waals surface area contributed by atoms with Crippen LogP contribution in [0.3, 0.4) is 0 Å². The summed E-state index contributed by atoms with van der Waals surface area (Å²) in [5, 5.41) is 11.4. The summed E-state index contributed by atoms with van der Waals surface area (Å²) in [5.41, 5.74) is 10.4. The van der Waals surface area contributed by atoms with E-state index in [0.29, 0.717) is 19.3 Å². The van der Waals surface area contributed by atoms with E-state index < -0.39 is 29.7 Å². The van der Waals surface area contributed by atoms with Crippen LogP contribution in [0.15, 0.2) is 0 Å². The Hall–Kier alpha value is -1.63. The van der Waals surface area contributed by atoms with Crippen molar-refractivity contribution in [2.75, 3.05) is 0 Å². The van der Waals surface area contributed by atoms with Gasteiger partial charge in [0.1, 0.15) is 0 Å². The Balaban J connectivity index is 2.37. The fraction of sp³-hybridized carbons (Fsp3) is 0.700.